The third-order valence-corrected chi connectivity index (χ3v) is 4.17. The van der Waals surface area contributed by atoms with Crippen molar-refractivity contribution in [2.75, 3.05) is 6.54 Å². The smallest absolute Gasteiger partial charge is 0.318 e. The lowest BCUT2D eigenvalue weighted by molar-refractivity contribution is 0.161. The zero-order valence-electron chi connectivity index (χ0n) is 14.3. The summed E-state index contributed by atoms with van der Waals surface area (Å²) in [7, 11) is 0. The number of aryl methyl sites for hydroxylation is 1. The summed E-state index contributed by atoms with van der Waals surface area (Å²) in [6, 6.07) is 12.6. The molecular weight excluding hydrogens is 286 g/mol. The monoisotopic (exact) mass is 311 g/mol. The van der Waals surface area contributed by atoms with E-state index < -0.39 is 0 Å². The summed E-state index contributed by atoms with van der Waals surface area (Å²) in [5, 5.41) is 3.10. The molecule has 23 heavy (non-hydrogen) atoms. The average molecular weight is 311 g/mol. The first kappa shape index (κ1) is 15.7. The summed E-state index contributed by atoms with van der Waals surface area (Å²) < 4.78 is 2.24. The Morgan fingerprint density at radius 1 is 1.13 bits per heavy atom. The molecule has 2 heterocycles. The van der Waals surface area contributed by atoms with Crippen molar-refractivity contribution in [3.8, 4) is 0 Å². The molecule has 0 unspecified atom stereocenters. The number of benzene rings is 1. The van der Waals surface area contributed by atoms with Crippen molar-refractivity contribution in [2.24, 2.45) is 0 Å². The second-order valence-electron chi connectivity index (χ2n) is 7.31. The Hall–Kier alpha value is -2.23. The van der Waals surface area contributed by atoms with Crippen LogP contribution in [0.4, 0.5) is 4.79 Å². The van der Waals surface area contributed by atoms with E-state index in [0.717, 1.165) is 12.1 Å². The van der Waals surface area contributed by atoms with Gasteiger partial charge in [0.1, 0.15) is 0 Å². The zero-order chi connectivity index (χ0) is 16.6. The minimum Gasteiger partial charge on any atom is -0.348 e. The van der Waals surface area contributed by atoms with Gasteiger partial charge in [-0.2, -0.15) is 0 Å². The molecule has 2 aromatic rings. The van der Waals surface area contributed by atoms with Crippen molar-refractivity contribution in [1.29, 1.82) is 0 Å². The van der Waals surface area contributed by atoms with Gasteiger partial charge in [-0.25, -0.2) is 4.79 Å². The van der Waals surface area contributed by atoms with E-state index in [4.69, 9.17) is 0 Å². The molecule has 1 aliphatic heterocycles. The molecule has 2 amide bonds. The van der Waals surface area contributed by atoms with Crippen LogP contribution in [0.2, 0.25) is 0 Å². The van der Waals surface area contributed by atoms with Crippen LogP contribution in [0.1, 0.15) is 43.6 Å². The summed E-state index contributed by atoms with van der Waals surface area (Å²) in [5.74, 6) is 0. The Morgan fingerprint density at radius 3 is 2.48 bits per heavy atom. The van der Waals surface area contributed by atoms with Crippen LogP contribution in [0.3, 0.4) is 0 Å². The number of amides is 2. The molecule has 1 aromatic heterocycles. The highest BCUT2D eigenvalue weighted by atomic mass is 16.2. The van der Waals surface area contributed by atoms with Crippen molar-refractivity contribution in [1.82, 2.24) is 14.8 Å². The predicted octanol–water partition coefficient (Wildman–Crippen LogP) is 3.71. The molecule has 0 saturated heterocycles. The number of fused-ring (bicyclic) bond motifs is 1. The number of aromatic nitrogens is 1. The van der Waals surface area contributed by atoms with Crippen LogP contribution in [0.5, 0.6) is 0 Å². The van der Waals surface area contributed by atoms with Gasteiger partial charge in [0.2, 0.25) is 0 Å². The van der Waals surface area contributed by atoms with Gasteiger partial charge in [-0.15, -0.1) is 0 Å². The van der Waals surface area contributed by atoms with E-state index >= 15 is 0 Å². The first-order valence-electron chi connectivity index (χ1n) is 8.15. The lowest BCUT2D eigenvalue weighted by Crippen LogP contribution is -2.52. The zero-order valence-corrected chi connectivity index (χ0v) is 14.3. The second-order valence-corrected chi connectivity index (χ2v) is 7.31. The maximum absolute atomic E-state index is 12.8. The Bertz CT molecular complexity index is 694. The second kappa shape index (κ2) is 5.76. The van der Waals surface area contributed by atoms with Gasteiger partial charge in [-0.1, -0.05) is 29.8 Å². The van der Waals surface area contributed by atoms with Crippen LogP contribution >= 0.6 is 0 Å². The number of nitrogens with one attached hydrogen (secondary N) is 1. The lowest BCUT2D eigenvalue weighted by Gasteiger charge is -2.39. The Labute approximate surface area is 138 Å². The molecule has 0 bridgehead atoms. The standard InChI is InChI=1S/C19H25N3O/c1-14-7-9-15(10-8-14)17-16-6-5-11-21(16)12-13-22(17)18(23)20-19(2,3)4/h5-11,17H,12-13H2,1-4H3,(H,20,23)/t17-/m1/s1. The quantitative estimate of drug-likeness (QED) is 0.856. The number of carbonyl (C=O) groups excluding carboxylic acids is 1. The lowest BCUT2D eigenvalue weighted by atomic mass is 9.99. The van der Waals surface area contributed by atoms with Crippen LogP contribution in [0, 0.1) is 6.92 Å². The van der Waals surface area contributed by atoms with Gasteiger partial charge in [0, 0.05) is 30.5 Å². The van der Waals surface area contributed by atoms with Gasteiger partial charge < -0.3 is 14.8 Å². The molecular formula is C19H25N3O. The highest BCUT2D eigenvalue weighted by Crippen LogP contribution is 2.32. The number of carbonyl (C=O) groups is 1. The fourth-order valence-corrected chi connectivity index (χ4v) is 3.09. The molecule has 1 aromatic carbocycles. The van der Waals surface area contributed by atoms with E-state index in [1.165, 1.54) is 11.3 Å². The predicted molar refractivity (Wildman–Crippen MR) is 92.4 cm³/mol. The maximum atomic E-state index is 12.8. The summed E-state index contributed by atoms with van der Waals surface area (Å²) in [5.41, 5.74) is 3.31. The van der Waals surface area contributed by atoms with E-state index in [1.807, 2.05) is 25.7 Å². The molecule has 0 aliphatic carbocycles. The van der Waals surface area contributed by atoms with Crippen molar-refractivity contribution in [2.45, 2.75) is 45.8 Å². The molecule has 1 aliphatic rings. The number of hydrogen-bond acceptors (Lipinski definition) is 1. The van der Waals surface area contributed by atoms with E-state index in [0.29, 0.717) is 6.54 Å². The molecule has 4 nitrogen and oxygen atoms in total. The van der Waals surface area contributed by atoms with E-state index in [2.05, 4.69) is 59.4 Å². The number of urea groups is 1. The van der Waals surface area contributed by atoms with E-state index in [1.54, 1.807) is 0 Å². The molecule has 0 spiro atoms. The van der Waals surface area contributed by atoms with Gasteiger partial charge in [-0.3, -0.25) is 0 Å². The highest BCUT2D eigenvalue weighted by molar-refractivity contribution is 5.76. The topological polar surface area (TPSA) is 37.3 Å². The fraction of sp³-hybridized carbons (Fsp3) is 0.421. The van der Waals surface area contributed by atoms with Crippen molar-refractivity contribution in [3.63, 3.8) is 0 Å². The minimum absolute atomic E-state index is 0.00414. The third-order valence-electron chi connectivity index (χ3n) is 4.17. The summed E-state index contributed by atoms with van der Waals surface area (Å²) in [6.45, 7) is 9.66. The van der Waals surface area contributed by atoms with Gasteiger partial charge in [0.15, 0.2) is 0 Å². The molecule has 1 atom stereocenters. The molecule has 122 valence electrons. The van der Waals surface area contributed by atoms with Crippen LogP contribution in [-0.4, -0.2) is 27.6 Å². The number of hydrogen-bond donors (Lipinski definition) is 1. The summed E-state index contributed by atoms with van der Waals surface area (Å²) in [6.07, 6.45) is 2.09. The SMILES string of the molecule is Cc1ccc([C@@H]2c3cccn3CCN2C(=O)NC(C)(C)C)cc1. The number of nitrogens with zero attached hydrogens (tertiary/aromatic N) is 2. The normalized spacial score (nSPS) is 17.7. The van der Waals surface area contributed by atoms with E-state index in [-0.39, 0.29) is 17.6 Å². The largest absolute Gasteiger partial charge is 0.348 e. The van der Waals surface area contributed by atoms with Crippen molar-refractivity contribution >= 4 is 6.03 Å². The minimum atomic E-state index is -0.242. The maximum Gasteiger partial charge on any atom is 0.318 e. The molecule has 0 saturated carbocycles. The molecule has 3 rings (SSSR count). The van der Waals surface area contributed by atoms with Gasteiger partial charge >= 0.3 is 6.03 Å². The first-order valence-corrected chi connectivity index (χ1v) is 8.15. The third kappa shape index (κ3) is 3.26. The average Bonchev–Trinajstić information content (AvgIpc) is 2.93. The van der Waals surface area contributed by atoms with Crippen LogP contribution in [0.15, 0.2) is 42.6 Å². The van der Waals surface area contributed by atoms with Crippen LogP contribution < -0.4 is 5.32 Å². The van der Waals surface area contributed by atoms with Gasteiger partial charge in [-0.05, 0) is 45.4 Å². The van der Waals surface area contributed by atoms with Gasteiger partial charge in [0.25, 0.3) is 0 Å². The molecule has 0 radical (unpaired) electrons. The van der Waals surface area contributed by atoms with E-state index in [9.17, 15) is 4.79 Å². The molecule has 0 fully saturated rings. The fourth-order valence-electron chi connectivity index (χ4n) is 3.09. The molecule has 1 N–H and O–H groups in total. The first-order chi connectivity index (χ1) is 10.8. The number of rotatable bonds is 1. The highest BCUT2D eigenvalue weighted by Gasteiger charge is 2.33. The van der Waals surface area contributed by atoms with Crippen LogP contribution in [0.25, 0.3) is 0 Å². The van der Waals surface area contributed by atoms with Crippen molar-refractivity contribution in [3.05, 3.63) is 59.4 Å². The Morgan fingerprint density at radius 2 is 1.83 bits per heavy atom. The Balaban J connectivity index is 1.98. The molecule has 4 heteroatoms. The van der Waals surface area contributed by atoms with Crippen LogP contribution in [-0.2, 0) is 6.54 Å². The Kier molecular flexibility index (Phi) is 3.92. The summed E-state index contributed by atoms with van der Waals surface area (Å²) in [4.78, 5) is 14.8. The van der Waals surface area contributed by atoms with Crippen molar-refractivity contribution < 1.29 is 4.79 Å². The van der Waals surface area contributed by atoms with Gasteiger partial charge in [0.05, 0.1) is 6.04 Å². The summed E-state index contributed by atoms with van der Waals surface area (Å²) >= 11 is 0.